The highest BCUT2D eigenvalue weighted by Gasteiger charge is 2.16. The summed E-state index contributed by atoms with van der Waals surface area (Å²) in [5, 5.41) is 2.20. The Balaban J connectivity index is 1.96. The SMILES string of the molecule is COc1cc(C(=O)OCC(=O)Nc2ccc(F)c(Cl)c2)ccc1OC(F)F. The smallest absolute Gasteiger partial charge is 0.387 e. The second kappa shape index (κ2) is 9.13. The molecule has 0 bridgehead atoms. The van der Waals surface area contributed by atoms with Crippen molar-refractivity contribution in [2.75, 3.05) is 19.0 Å². The summed E-state index contributed by atoms with van der Waals surface area (Å²) in [6.45, 7) is -3.69. The molecule has 0 aliphatic heterocycles. The van der Waals surface area contributed by atoms with Crippen LogP contribution in [0, 0.1) is 5.82 Å². The number of halogens is 4. The van der Waals surface area contributed by atoms with Crippen molar-refractivity contribution < 1.29 is 37.0 Å². The minimum atomic E-state index is -3.06. The molecule has 27 heavy (non-hydrogen) atoms. The third-order valence-electron chi connectivity index (χ3n) is 3.15. The third-order valence-corrected chi connectivity index (χ3v) is 3.44. The maximum atomic E-state index is 13.1. The Labute approximate surface area is 156 Å². The van der Waals surface area contributed by atoms with Crippen molar-refractivity contribution in [1.29, 1.82) is 0 Å². The summed E-state index contributed by atoms with van der Waals surface area (Å²) in [4.78, 5) is 23.8. The van der Waals surface area contributed by atoms with Crippen LogP contribution in [-0.2, 0) is 9.53 Å². The molecule has 0 radical (unpaired) electrons. The van der Waals surface area contributed by atoms with Gasteiger partial charge in [-0.15, -0.1) is 0 Å². The summed E-state index contributed by atoms with van der Waals surface area (Å²) in [6, 6.07) is 6.98. The molecule has 2 rings (SSSR count). The number of esters is 1. The van der Waals surface area contributed by atoms with Gasteiger partial charge in [-0.25, -0.2) is 9.18 Å². The number of carbonyl (C=O) groups excluding carboxylic acids is 2. The number of rotatable bonds is 7. The van der Waals surface area contributed by atoms with E-state index in [-0.39, 0.29) is 27.8 Å². The van der Waals surface area contributed by atoms with Crippen molar-refractivity contribution in [1.82, 2.24) is 0 Å². The van der Waals surface area contributed by atoms with Crippen LogP contribution in [0.1, 0.15) is 10.4 Å². The summed E-state index contributed by atoms with van der Waals surface area (Å²) in [6.07, 6.45) is 0. The molecule has 0 unspecified atom stereocenters. The fraction of sp³-hybridized carbons (Fsp3) is 0.176. The van der Waals surface area contributed by atoms with Gasteiger partial charge in [-0.3, -0.25) is 4.79 Å². The number of alkyl halides is 2. The largest absolute Gasteiger partial charge is 0.493 e. The number of hydrogen-bond acceptors (Lipinski definition) is 5. The Morgan fingerprint density at radius 1 is 1.15 bits per heavy atom. The number of methoxy groups -OCH3 is 1. The first-order valence-electron chi connectivity index (χ1n) is 7.35. The molecule has 10 heteroatoms. The Morgan fingerprint density at radius 2 is 1.89 bits per heavy atom. The number of amides is 1. The Morgan fingerprint density at radius 3 is 2.52 bits per heavy atom. The highest BCUT2D eigenvalue weighted by molar-refractivity contribution is 6.31. The Bertz CT molecular complexity index is 847. The maximum Gasteiger partial charge on any atom is 0.387 e. The van der Waals surface area contributed by atoms with Gasteiger partial charge in [0.2, 0.25) is 0 Å². The number of anilines is 1. The molecule has 0 saturated carbocycles. The first kappa shape index (κ1) is 20.4. The van der Waals surface area contributed by atoms with E-state index in [0.717, 1.165) is 18.2 Å². The van der Waals surface area contributed by atoms with Gasteiger partial charge in [0.1, 0.15) is 5.82 Å². The minimum Gasteiger partial charge on any atom is -0.493 e. The van der Waals surface area contributed by atoms with E-state index < -0.39 is 30.9 Å². The zero-order chi connectivity index (χ0) is 20.0. The summed E-state index contributed by atoms with van der Waals surface area (Å²) in [5.74, 6) is -2.57. The van der Waals surface area contributed by atoms with Crippen LogP contribution in [0.25, 0.3) is 0 Å². The van der Waals surface area contributed by atoms with Crippen molar-refractivity contribution in [3.8, 4) is 11.5 Å². The first-order valence-corrected chi connectivity index (χ1v) is 7.73. The van der Waals surface area contributed by atoms with Crippen LogP contribution in [0.15, 0.2) is 36.4 Å². The molecule has 0 fully saturated rings. The molecule has 2 aromatic rings. The van der Waals surface area contributed by atoms with Gasteiger partial charge in [-0.2, -0.15) is 8.78 Å². The molecule has 0 aromatic heterocycles. The van der Waals surface area contributed by atoms with Crippen LogP contribution in [0.5, 0.6) is 11.5 Å². The van der Waals surface area contributed by atoms with Gasteiger partial charge in [0, 0.05) is 5.69 Å². The molecule has 0 aliphatic carbocycles. The van der Waals surface area contributed by atoms with E-state index in [1.165, 1.54) is 25.3 Å². The van der Waals surface area contributed by atoms with Crippen LogP contribution < -0.4 is 14.8 Å². The molecule has 1 N–H and O–H groups in total. The second-order valence-corrected chi connectivity index (χ2v) is 5.40. The normalized spacial score (nSPS) is 10.4. The molecule has 0 atom stereocenters. The van der Waals surface area contributed by atoms with Crippen molar-refractivity contribution >= 4 is 29.2 Å². The summed E-state index contributed by atoms with van der Waals surface area (Å²) in [7, 11) is 1.21. The maximum absolute atomic E-state index is 13.1. The summed E-state index contributed by atoms with van der Waals surface area (Å²) < 4.78 is 51.6. The highest BCUT2D eigenvalue weighted by atomic mass is 35.5. The van der Waals surface area contributed by atoms with E-state index in [2.05, 4.69) is 10.1 Å². The van der Waals surface area contributed by atoms with Gasteiger partial charge in [-0.1, -0.05) is 11.6 Å². The Kier molecular flexibility index (Phi) is 6.89. The van der Waals surface area contributed by atoms with E-state index in [0.29, 0.717) is 0 Å². The minimum absolute atomic E-state index is 0.0360. The second-order valence-electron chi connectivity index (χ2n) is 5.00. The third kappa shape index (κ3) is 5.78. The van der Waals surface area contributed by atoms with Crippen LogP contribution in [-0.4, -0.2) is 32.2 Å². The zero-order valence-corrected chi connectivity index (χ0v) is 14.6. The Hall–Kier alpha value is -2.94. The number of benzene rings is 2. The van der Waals surface area contributed by atoms with Crippen molar-refractivity contribution in [2.45, 2.75) is 6.61 Å². The monoisotopic (exact) mass is 403 g/mol. The lowest BCUT2D eigenvalue weighted by Crippen LogP contribution is -2.21. The van der Waals surface area contributed by atoms with Crippen LogP contribution >= 0.6 is 11.6 Å². The average Bonchev–Trinajstić information content (AvgIpc) is 2.62. The topological polar surface area (TPSA) is 73.9 Å². The van der Waals surface area contributed by atoms with Crippen LogP contribution in [0.4, 0.5) is 18.9 Å². The highest BCUT2D eigenvalue weighted by Crippen LogP contribution is 2.29. The van der Waals surface area contributed by atoms with Crippen molar-refractivity contribution in [2.24, 2.45) is 0 Å². The zero-order valence-electron chi connectivity index (χ0n) is 13.8. The molecule has 0 saturated heterocycles. The van der Waals surface area contributed by atoms with Crippen molar-refractivity contribution in [3.63, 3.8) is 0 Å². The van der Waals surface area contributed by atoms with Crippen LogP contribution in [0.2, 0.25) is 5.02 Å². The van der Waals surface area contributed by atoms with Gasteiger partial charge >= 0.3 is 12.6 Å². The molecule has 144 valence electrons. The summed E-state index contributed by atoms with van der Waals surface area (Å²) >= 11 is 5.60. The molecule has 0 aliphatic rings. The van der Waals surface area contributed by atoms with E-state index >= 15 is 0 Å². The van der Waals surface area contributed by atoms with Gasteiger partial charge in [0.05, 0.1) is 17.7 Å². The molecule has 0 heterocycles. The van der Waals surface area contributed by atoms with Gasteiger partial charge < -0.3 is 19.5 Å². The lowest BCUT2D eigenvalue weighted by Gasteiger charge is -2.11. The van der Waals surface area contributed by atoms with Crippen molar-refractivity contribution in [3.05, 3.63) is 52.8 Å². The molecule has 2 aromatic carbocycles. The predicted molar refractivity (Wildman–Crippen MR) is 89.9 cm³/mol. The first-order chi connectivity index (χ1) is 12.8. The predicted octanol–water partition coefficient (Wildman–Crippen LogP) is 3.88. The number of carbonyl (C=O) groups is 2. The molecule has 6 nitrogen and oxygen atoms in total. The average molecular weight is 404 g/mol. The number of nitrogens with one attached hydrogen (secondary N) is 1. The molecule has 0 spiro atoms. The molecule has 1 amide bonds. The van der Waals surface area contributed by atoms with Gasteiger partial charge in [0.15, 0.2) is 18.1 Å². The number of hydrogen-bond donors (Lipinski definition) is 1. The molecular formula is C17H13ClF3NO5. The standard InChI is InChI=1S/C17H13ClF3NO5/c1-25-14-6-9(2-5-13(14)27-17(20)21)16(24)26-8-15(23)22-10-3-4-12(19)11(18)7-10/h2-7,17H,8H2,1H3,(H,22,23). The lowest BCUT2D eigenvalue weighted by atomic mass is 10.2. The van der Waals surface area contributed by atoms with Gasteiger partial charge in [0.25, 0.3) is 5.91 Å². The van der Waals surface area contributed by atoms with E-state index in [4.69, 9.17) is 21.1 Å². The quantitative estimate of drug-likeness (QED) is 0.710. The fourth-order valence-corrected chi connectivity index (χ4v) is 2.15. The molecular weight excluding hydrogens is 391 g/mol. The summed E-state index contributed by atoms with van der Waals surface area (Å²) in [5.41, 5.74) is 0.184. The number of ether oxygens (including phenoxy) is 3. The van der Waals surface area contributed by atoms with Gasteiger partial charge in [-0.05, 0) is 36.4 Å². The van der Waals surface area contributed by atoms with E-state index in [9.17, 15) is 22.8 Å². The lowest BCUT2D eigenvalue weighted by molar-refractivity contribution is -0.119. The van der Waals surface area contributed by atoms with E-state index in [1.807, 2.05) is 0 Å². The van der Waals surface area contributed by atoms with Crippen LogP contribution in [0.3, 0.4) is 0 Å². The van der Waals surface area contributed by atoms with E-state index in [1.54, 1.807) is 0 Å². The fourth-order valence-electron chi connectivity index (χ4n) is 1.97.